The Hall–Kier alpha value is -0.570. The molecule has 20 heavy (non-hydrogen) atoms. The fourth-order valence-electron chi connectivity index (χ4n) is 6.26. The van der Waals surface area contributed by atoms with Crippen molar-refractivity contribution in [1.82, 2.24) is 5.32 Å². The van der Waals surface area contributed by atoms with Crippen LogP contribution in [0.1, 0.15) is 51.4 Å². The molecule has 0 aliphatic heterocycles. The average molecular weight is 276 g/mol. The van der Waals surface area contributed by atoms with Gasteiger partial charge in [0, 0.05) is 5.92 Å². The van der Waals surface area contributed by atoms with Gasteiger partial charge in [0.1, 0.15) is 0 Å². The largest absolute Gasteiger partial charge is 0.411 e. The molecule has 3 heteroatoms. The van der Waals surface area contributed by atoms with E-state index in [1.165, 1.54) is 51.4 Å². The summed E-state index contributed by atoms with van der Waals surface area (Å²) in [5, 5.41) is 17.1. The molecular formula is C17H28N2O. The maximum atomic E-state index is 9.69. The molecule has 4 rings (SSSR count). The highest BCUT2D eigenvalue weighted by Crippen LogP contribution is 2.53. The number of fused-ring (bicyclic) bond motifs is 4. The van der Waals surface area contributed by atoms with Gasteiger partial charge in [-0.15, -0.1) is 0 Å². The maximum Gasteiger partial charge on any atom is 0.0776 e. The van der Waals surface area contributed by atoms with E-state index in [0.29, 0.717) is 12.0 Å². The van der Waals surface area contributed by atoms with Crippen LogP contribution in [-0.4, -0.2) is 24.0 Å². The lowest BCUT2D eigenvalue weighted by Crippen LogP contribution is -2.47. The van der Waals surface area contributed by atoms with Crippen LogP contribution in [-0.2, 0) is 0 Å². The van der Waals surface area contributed by atoms with Crippen molar-refractivity contribution in [2.45, 2.75) is 57.4 Å². The van der Waals surface area contributed by atoms with Crippen LogP contribution in [0.15, 0.2) is 5.16 Å². The number of oxime groups is 1. The molecule has 7 unspecified atom stereocenters. The highest BCUT2D eigenvalue weighted by Gasteiger charge is 2.49. The Labute approximate surface area is 122 Å². The van der Waals surface area contributed by atoms with Crippen molar-refractivity contribution in [2.75, 3.05) is 7.05 Å². The first-order valence-corrected chi connectivity index (χ1v) is 8.69. The van der Waals surface area contributed by atoms with Crippen LogP contribution in [0, 0.1) is 35.5 Å². The zero-order valence-electron chi connectivity index (χ0n) is 12.6. The molecule has 2 N–H and O–H groups in total. The van der Waals surface area contributed by atoms with Crippen LogP contribution in [0.25, 0.3) is 0 Å². The Balaban J connectivity index is 1.53. The van der Waals surface area contributed by atoms with E-state index >= 15 is 0 Å². The van der Waals surface area contributed by atoms with E-state index < -0.39 is 0 Å². The molecule has 0 heterocycles. The summed E-state index contributed by atoms with van der Waals surface area (Å²) >= 11 is 0. The summed E-state index contributed by atoms with van der Waals surface area (Å²) in [5.74, 6) is 4.85. The summed E-state index contributed by atoms with van der Waals surface area (Å²) in [5.41, 5.74) is 1.11. The summed E-state index contributed by atoms with van der Waals surface area (Å²) in [4.78, 5) is 0. The van der Waals surface area contributed by atoms with Gasteiger partial charge in [0.15, 0.2) is 0 Å². The zero-order chi connectivity index (χ0) is 13.7. The molecule has 0 spiro atoms. The second kappa shape index (κ2) is 5.01. The van der Waals surface area contributed by atoms with Gasteiger partial charge in [0.05, 0.1) is 11.8 Å². The first-order valence-electron chi connectivity index (χ1n) is 8.69. The van der Waals surface area contributed by atoms with Gasteiger partial charge < -0.3 is 10.5 Å². The molecule has 4 saturated carbocycles. The van der Waals surface area contributed by atoms with E-state index in [0.717, 1.165) is 35.3 Å². The van der Waals surface area contributed by atoms with Gasteiger partial charge in [0.25, 0.3) is 0 Å². The normalized spacial score (nSPS) is 48.1. The van der Waals surface area contributed by atoms with Crippen LogP contribution in [0.4, 0.5) is 0 Å². The first-order chi connectivity index (χ1) is 9.80. The Kier molecular flexibility index (Phi) is 3.29. The Morgan fingerprint density at radius 2 is 1.70 bits per heavy atom. The minimum absolute atomic E-state index is 0.333. The minimum Gasteiger partial charge on any atom is -0.411 e. The van der Waals surface area contributed by atoms with Crippen LogP contribution >= 0.6 is 0 Å². The highest BCUT2D eigenvalue weighted by molar-refractivity contribution is 5.92. The molecule has 112 valence electrons. The summed E-state index contributed by atoms with van der Waals surface area (Å²) < 4.78 is 0. The summed E-state index contributed by atoms with van der Waals surface area (Å²) in [6, 6.07) is 0.333. The van der Waals surface area contributed by atoms with Crippen molar-refractivity contribution in [3.8, 4) is 0 Å². The van der Waals surface area contributed by atoms with Gasteiger partial charge in [-0.3, -0.25) is 0 Å². The van der Waals surface area contributed by atoms with Crippen molar-refractivity contribution < 1.29 is 5.21 Å². The lowest BCUT2D eigenvalue weighted by molar-refractivity contribution is 0.264. The van der Waals surface area contributed by atoms with Gasteiger partial charge >= 0.3 is 0 Å². The van der Waals surface area contributed by atoms with Crippen LogP contribution in [0.5, 0.6) is 0 Å². The average Bonchev–Trinajstić information content (AvgIpc) is 3.22. The Morgan fingerprint density at radius 1 is 1.00 bits per heavy atom. The topological polar surface area (TPSA) is 44.6 Å². The van der Waals surface area contributed by atoms with Gasteiger partial charge in [-0.2, -0.15) is 0 Å². The molecular weight excluding hydrogens is 248 g/mol. The van der Waals surface area contributed by atoms with Crippen LogP contribution in [0.3, 0.4) is 0 Å². The minimum atomic E-state index is 0.333. The second-order valence-corrected chi connectivity index (χ2v) is 7.91. The van der Waals surface area contributed by atoms with Crippen LogP contribution in [0.2, 0.25) is 0 Å². The molecule has 7 atom stereocenters. The third-order valence-corrected chi connectivity index (χ3v) is 7.08. The predicted octanol–water partition coefficient (Wildman–Crippen LogP) is 3.28. The van der Waals surface area contributed by atoms with E-state index in [1.807, 2.05) is 0 Å². The Morgan fingerprint density at radius 3 is 2.15 bits per heavy atom. The fourth-order valence-corrected chi connectivity index (χ4v) is 6.26. The lowest BCUT2D eigenvalue weighted by Gasteiger charge is -2.35. The van der Waals surface area contributed by atoms with Gasteiger partial charge in [-0.25, -0.2) is 0 Å². The number of nitrogens with zero attached hydrogens (tertiary/aromatic N) is 1. The van der Waals surface area contributed by atoms with Crippen molar-refractivity contribution >= 4 is 5.71 Å². The molecule has 4 bridgehead atoms. The smallest absolute Gasteiger partial charge is 0.0776 e. The summed E-state index contributed by atoms with van der Waals surface area (Å²) in [6.07, 6.45) is 11.1. The molecule has 0 radical (unpaired) electrons. The quantitative estimate of drug-likeness (QED) is 0.470. The molecule has 0 aromatic carbocycles. The van der Waals surface area contributed by atoms with E-state index in [9.17, 15) is 5.21 Å². The van der Waals surface area contributed by atoms with Crippen molar-refractivity contribution in [3.05, 3.63) is 0 Å². The third-order valence-electron chi connectivity index (χ3n) is 7.08. The highest BCUT2D eigenvalue weighted by atomic mass is 16.4. The van der Waals surface area contributed by atoms with Crippen molar-refractivity contribution in [1.29, 1.82) is 0 Å². The van der Waals surface area contributed by atoms with E-state index in [-0.39, 0.29) is 0 Å². The SMILES string of the molecule is CNC(C(=NO)C1CC2CCC1C2)C1CC2CCC1C2. The van der Waals surface area contributed by atoms with Crippen LogP contribution < -0.4 is 5.32 Å². The molecule has 0 amide bonds. The fraction of sp³-hybridized carbons (Fsp3) is 0.941. The third kappa shape index (κ3) is 1.93. The monoisotopic (exact) mass is 276 g/mol. The van der Waals surface area contributed by atoms with E-state index in [2.05, 4.69) is 17.5 Å². The van der Waals surface area contributed by atoms with Gasteiger partial charge in [-0.1, -0.05) is 18.0 Å². The number of nitrogens with one attached hydrogen (secondary N) is 1. The lowest BCUT2D eigenvalue weighted by atomic mass is 9.75. The number of rotatable bonds is 4. The van der Waals surface area contributed by atoms with E-state index in [1.54, 1.807) is 0 Å². The van der Waals surface area contributed by atoms with Gasteiger partial charge in [0.2, 0.25) is 0 Å². The molecule has 0 saturated heterocycles. The Bertz CT molecular complexity index is 408. The predicted molar refractivity (Wildman–Crippen MR) is 79.9 cm³/mol. The van der Waals surface area contributed by atoms with Gasteiger partial charge in [-0.05, 0) is 75.2 Å². The molecule has 4 fully saturated rings. The number of hydrogen-bond donors (Lipinski definition) is 2. The molecule has 3 nitrogen and oxygen atoms in total. The molecule has 0 aromatic rings. The second-order valence-electron chi connectivity index (χ2n) is 7.91. The molecule has 4 aliphatic carbocycles. The standard InChI is InChI=1S/C17H28N2O/c1-18-16(14-8-10-2-4-12(14)6-10)17(19-20)15-9-11-3-5-13(15)7-11/h10-16,18,20H,2-9H2,1H3. The number of hydrogen-bond acceptors (Lipinski definition) is 3. The molecule has 4 aliphatic rings. The van der Waals surface area contributed by atoms with E-state index in [4.69, 9.17) is 0 Å². The van der Waals surface area contributed by atoms with Crippen molar-refractivity contribution in [3.63, 3.8) is 0 Å². The van der Waals surface area contributed by atoms with Crippen molar-refractivity contribution in [2.24, 2.45) is 40.7 Å². The maximum absolute atomic E-state index is 9.69. The summed E-state index contributed by atoms with van der Waals surface area (Å²) in [6.45, 7) is 0. The zero-order valence-corrected chi connectivity index (χ0v) is 12.6. The summed E-state index contributed by atoms with van der Waals surface area (Å²) in [7, 11) is 2.06. The molecule has 0 aromatic heterocycles. The first kappa shape index (κ1) is 13.1.